The highest BCUT2D eigenvalue weighted by atomic mass is 19.4. The minimum Gasteiger partial charge on any atom is -0.365 e. The van der Waals surface area contributed by atoms with Gasteiger partial charge in [-0.3, -0.25) is 9.20 Å². The van der Waals surface area contributed by atoms with Crippen LogP contribution in [-0.4, -0.2) is 25.1 Å². The third-order valence-corrected chi connectivity index (χ3v) is 3.00. The van der Waals surface area contributed by atoms with Gasteiger partial charge in [0.05, 0.1) is 11.8 Å². The van der Waals surface area contributed by atoms with Gasteiger partial charge in [-0.05, 0) is 12.1 Å². The van der Waals surface area contributed by atoms with Crippen molar-refractivity contribution < 1.29 is 22.4 Å². The number of imidazole rings is 1. The minimum absolute atomic E-state index is 0.131. The van der Waals surface area contributed by atoms with Gasteiger partial charge in [0.15, 0.2) is 17.2 Å². The lowest BCUT2D eigenvalue weighted by molar-refractivity contribution is -0.143. The van der Waals surface area contributed by atoms with E-state index in [1.165, 1.54) is 12.4 Å². The smallest absolute Gasteiger partial charge is 0.365 e. The Morgan fingerprint density at radius 2 is 2.00 bits per heavy atom. The first-order valence-corrected chi connectivity index (χ1v) is 5.87. The highest BCUT2D eigenvalue weighted by Gasteiger charge is 2.40. The number of pyridine rings is 1. The van der Waals surface area contributed by atoms with Crippen LogP contribution >= 0.6 is 0 Å². The van der Waals surface area contributed by atoms with Crippen LogP contribution < -0.4 is 5.73 Å². The van der Waals surface area contributed by atoms with E-state index >= 15 is 0 Å². The maximum absolute atomic E-state index is 13.6. The molecule has 0 bridgehead atoms. The second-order valence-corrected chi connectivity index (χ2v) is 4.34. The molecule has 10 heteroatoms. The number of fused-ring (bicyclic) bond motifs is 1. The van der Waals surface area contributed by atoms with Crippen LogP contribution in [0.4, 0.5) is 17.6 Å². The molecule has 1 amide bonds. The van der Waals surface area contributed by atoms with Gasteiger partial charge in [0.1, 0.15) is 5.82 Å². The summed E-state index contributed by atoms with van der Waals surface area (Å²) in [5, 5.41) is 3.56. The molecule has 0 aliphatic heterocycles. The normalized spacial score (nSPS) is 12.0. The lowest BCUT2D eigenvalue weighted by Gasteiger charge is -2.13. The molecule has 0 fully saturated rings. The molecule has 6 nitrogen and oxygen atoms in total. The van der Waals surface area contributed by atoms with Crippen LogP contribution in [-0.2, 0) is 6.18 Å². The van der Waals surface area contributed by atoms with Gasteiger partial charge in [-0.15, -0.1) is 0 Å². The number of amides is 1. The number of carbonyl (C=O) groups is 1. The van der Waals surface area contributed by atoms with Crippen molar-refractivity contribution in [2.45, 2.75) is 6.18 Å². The molecule has 0 aliphatic rings. The quantitative estimate of drug-likeness (QED) is 0.733. The molecule has 22 heavy (non-hydrogen) atoms. The van der Waals surface area contributed by atoms with E-state index in [0.717, 1.165) is 22.7 Å². The number of hydrogen-bond donors (Lipinski definition) is 1. The van der Waals surface area contributed by atoms with E-state index in [0.29, 0.717) is 4.68 Å². The van der Waals surface area contributed by atoms with Crippen molar-refractivity contribution in [1.82, 2.24) is 19.2 Å². The van der Waals surface area contributed by atoms with Crippen molar-refractivity contribution in [3.8, 4) is 5.82 Å². The third kappa shape index (κ3) is 2.00. The van der Waals surface area contributed by atoms with Gasteiger partial charge in [-0.1, -0.05) is 0 Å². The first kappa shape index (κ1) is 14.0. The van der Waals surface area contributed by atoms with Gasteiger partial charge in [0.25, 0.3) is 5.91 Å². The van der Waals surface area contributed by atoms with Gasteiger partial charge < -0.3 is 5.73 Å². The number of rotatable bonds is 2. The topological polar surface area (TPSA) is 78.2 Å². The molecule has 0 spiro atoms. The molecule has 3 heterocycles. The summed E-state index contributed by atoms with van der Waals surface area (Å²) in [6, 6.07) is 2.06. The number of halogens is 4. The van der Waals surface area contributed by atoms with E-state index in [1.54, 1.807) is 0 Å². The SMILES string of the molecule is NC(=O)c1cnn(-c2ccc(F)c3nccn23)c1C(F)(F)F. The van der Waals surface area contributed by atoms with E-state index in [9.17, 15) is 22.4 Å². The Labute approximate surface area is 119 Å². The second kappa shape index (κ2) is 4.55. The molecule has 3 rings (SSSR count). The van der Waals surface area contributed by atoms with Crippen LogP contribution in [0.5, 0.6) is 0 Å². The predicted molar refractivity (Wildman–Crippen MR) is 65.8 cm³/mol. The molecule has 114 valence electrons. The highest BCUT2D eigenvalue weighted by Crippen LogP contribution is 2.33. The summed E-state index contributed by atoms with van der Waals surface area (Å²) in [6.45, 7) is 0. The van der Waals surface area contributed by atoms with Crippen molar-refractivity contribution in [3.63, 3.8) is 0 Å². The third-order valence-electron chi connectivity index (χ3n) is 3.00. The first-order valence-electron chi connectivity index (χ1n) is 5.87. The monoisotopic (exact) mass is 313 g/mol. The number of alkyl halides is 3. The zero-order valence-electron chi connectivity index (χ0n) is 10.7. The number of nitrogens with two attached hydrogens (primary N) is 1. The molecule has 0 aromatic carbocycles. The second-order valence-electron chi connectivity index (χ2n) is 4.34. The van der Waals surface area contributed by atoms with Crippen molar-refractivity contribution in [3.05, 3.63) is 47.8 Å². The summed E-state index contributed by atoms with van der Waals surface area (Å²) in [6.07, 6.45) is -1.65. The predicted octanol–water partition coefficient (Wildman–Crippen LogP) is 1.78. The zero-order valence-corrected chi connectivity index (χ0v) is 10.7. The fourth-order valence-corrected chi connectivity index (χ4v) is 2.12. The zero-order chi connectivity index (χ0) is 16.1. The fourth-order valence-electron chi connectivity index (χ4n) is 2.12. The maximum Gasteiger partial charge on any atom is 0.434 e. The molecule has 0 radical (unpaired) electrons. The summed E-state index contributed by atoms with van der Waals surface area (Å²) in [5.41, 5.74) is 2.68. The van der Waals surface area contributed by atoms with Gasteiger partial charge >= 0.3 is 6.18 Å². The number of aromatic nitrogens is 4. The summed E-state index contributed by atoms with van der Waals surface area (Å²) in [4.78, 5) is 14.9. The Morgan fingerprint density at radius 3 is 2.64 bits per heavy atom. The Bertz CT molecular complexity index is 879. The minimum atomic E-state index is -4.87. The largest absolute Gasteiger partial charge is 0.434 e. The number of hydrogen-bond acceptors (Lipinski definition) is 3. The van der Waals surface area contributed by atoms with Crippen LogP contribution in [0.15, 0.2) is 30.7 Å². The van der Waals surface area contributed by atoms with Crippen LogP contribution in [0.3, 0.4) is 0 Å². The average molecular weight is 313 g/mol. The van der Waals surface area contributed by atoms with Crippen molar-refractivity contribution in [2.75, 3.05) is 0 Å². The highest BCUT2D eigenvalue weighted by molar-refractivity contribution is 5.94. The van der Waals surface area contributed by atoms with Crippen LogP contribution in [0, 0.1) is 5.82 Å². The molecule has 0 unspecified atom stereocenters. The lowest BCUT2D eigenvalue weighted by atomic mass is 10.2. The molecule has 0 aliphatic carbocycles. The summed E-state index contributed by atoms with van der Waals surface area (Å²) in [5.74, 6) is -2.10. The standard InChI is InChI=1S/C12H7F4N5O/c13-7-1-2-8(20-4-3-18-11(7)20)21-9(12(14,15)16)6(5-19-21)10(17)22/h1-5H,(H2,17,22). The molecule has 3 aromatic rings. The Kier molecular flexibility index (Phi) is 2.90. The van der Waals surface area contributed by atoms with Crippen LogP contribution in [0.1, 0.15) is 16.1 Å². The van der Waals surface area contributed by atoms with Crippen molar-refractivity contribution >= 4 is 11.6 Å². The van der Waals surface area contributed by atoms with Crippen LogP contribution in [0.2, 0.25) is 0 Å². The van der Waals surface area contributed by atoms with Gasteiger partial charge in [-0.25, -0.2) is 14.1 Å². The van der Waals surface area contributed by atoms with Crippen molar-refractivity contribution in [2.24, 2.45) is 5.73 Å². The van der Waals surface area contributed by atoms with E-state index < -0.39 is 29.2 Å². The first-order chi connectivity index (χ1) is 10.3. The summed E-state index contributed by atoms with van der Waals surface area (Å²) >= 11 is 0. The Morgan fingerprint density at radius 1 is 1.27 bits per heavy atom. The number of primary amides is 1. The van der Waals surface area contributed by atoms with Crippen LogP contribution in [0.25, 0.3) is 11.5 Å². The average Bonchev–Trinajstić information content (AvgIpc) is 3.05. The van der Waals surface area contributed by atoms with E-state index in [-0.39, 0.29) is 11.5 Å². The summed E-state index contributed by atoms with van der Waals surface area (Å²) < 4.78 is 54.8. The van der Waals surface area contributed by atoms with E-state index in [4.69, 9.17) is 5.73 Å². The van der Waals surface area contributed by atoms with E-state index in [1.807, 2.05) is 0 Å². The number of carbonyl (C=O) groups excluding carboxylic acids is 1. The van der Waals surface area contributed by atoms with Gasteiger partial charge in [-0.2, -0.15) is 18.3 Å². The molecular formula is C12H7F4N5O. The molecule has 2 N–H and O–H groups in total. The maximum atomic E-state index is 13.6. The molecule has 3 aromatic heterocycles. The molecule has 0 saturated carbocycles. The number of nitrogens with zero attached hydrogens (tertiary/aromatic N) is 4. The van der Waals surface area contributed by atoms with Crippen molar-refractivity contribution in [1.29, 1.82) is 0 Å². The molecule has 0 saturated heterocycles. The fraction of sp³-hybridized carbons (Fsp3) is 0.0833. The molecular weight excluding hydrogens is 306 g/mol. The lowest BCUT2D eigenvalue weighted by Crippen LogP contribution is -2.21. The summed E-state index contributed by atoms with van der Waals surface area (Å²) in [7, 11) is 0. The van der Waals surface area contributed by atoms with E-state index in [2.05, 4.69) is 10.1 Å². The molecule has 0 atom stereocenters. The Balaban J connectivity index is 2.35. The Hall–Kier alpha value is -2.91. The van der Waals surface area contributed by atoms with Gasteiger partial charge in [0.2, 0.25) is 0 Å². The van der Waals surface area contributed by atoms with Gasteiger partial charge in [0, 0.05) is 12.4 Å².